The van der Waals surface area contributed by atoms with E-state index < -0.39 is 5.91 Å². The molecule has 4 rings (SSSR count). The molecular weight excluding hydrogens is 410 g/mol. The molecule has 0 aliphatic carbocycles. The second-order valence-corrected chi connectivity index (χ2v) is 7.39. The van der Waals surface area contributed by atoms with Gasteiger partial charge in [0.05, 0.1) is 17.8 Å². The van der Waals surface area contributed by atoms with Crippen molar-refractivity contribution in [3.8, 4) is 11.3 Å². The number of hydrogen-bond acceptors (Lipinski definition) is 9. The van der Waals surface area contributed by atoms with Crippen molar-refractivity contribution in [3.63, 3.8) is 0 Å². The van der Waals surface area contributed by atoms with Crippen molar-refractivity contribution in [1.82, 2.24) is 24.9 Å². The van der Waals surface area contributed by atoms with Crippen molar-refractivity contribution >= 4 is 44.8 Å². The quantitative estimate of drug-likeness (QED) is 0.489. The Kier molecular flexibility index (Phi) is 5.59. The molecule has 11 heteroatoms. The fourth-order valence-electron chi connectivity index (χ4n) is 2.32. The number of aromatic nitrogens is 5. The number of carbonyl (C=O) groups is 2. The highest BCUT2D eigenvalue weighted by molar-refractivity contribution is 7.14. The number of pyridine rings is 1. The predicted octanol–water partition coefficient (Wildman–Crippen LogP) is 2.89. The minimum atomic E-state index is -0.457. The monoisotopic (exact) mass is 423 g/mol. The Balaban J connectivity index is 1.34. The molecule has 2 N–H and O–H groups in total. The maximum Gasteiger partial charge on any atom is 0.295 e. The van der Waals surface area contributed by atoms with E-state index in [1.165, 1.54) is 35.1 Å². The summed E-state index contributed by atoms with van der Waals surface area (Å²) in [5.74, 6) is -0.650. The molecule has 0 fully saturated rings. The van der Waals surface area contributed by atoms with Gasteiger partial charge in [0.25, 0.3) is 5.91 Å². The van der Waals surface area contributed by atoms with Crippen LogP contribution in [0.25, 0.3) is 11.3 Å². The third-order valence-corrected chi connectivity index (χ3v) is 5.15. The predicted molar refractivity (Wildman–Crippen MR) is 110 cm³/mol. The number of carbonyl (C=O) groups excluding carboxylic acids is 2. The minimum absolute atomic E-state index is 0.0511. The van der Waals surface area contributed by atoms with Gasteiger partial charge in [0.1, 0.15) is 0 Å². The number of amides is 2. The maximum atomic E-state index is 12.3. The molecule has 0 saturated heterocycles. The van der Waals surface area contributed by atoms with Gasteiger partial charge in [-0.3, -0.25) is 19.9 Å². The summed E-state index contributed by atoms with van der Waals surface area (Å²) in [5.41, 5.74) is 2.17. The summed E-state index contributed by atoms with van der Waals surface area (Å²) in [6.07, 6.45) is 6.44. The second-order valence-electron chi connectivity index (χ2n) is 5.68. The lowest BCUT2D eigenvalue weighted by Gasteiger charge is -2.00. The number of nitrogens with zero attached hydrogens (tertiary/aromatic N) is 5. The molecule has 4 aromatic rings. The third-order valence-electron chi connectivity index (χ3n) is 3.59. The number of rotatable bonds is 6. The van der Waals surface area contributed by atoms with Crippen LogP contribution in [0.1, 0.15) is 16.3 Å². The first-order valence-corrected chi connectivity index (χ1v) is 10.1. The molecule has 0 saturated carbocycles. The van der Waals surface area contributed by atoms with Crippen LogP contribution >= 0.6 is 22.7 Å². The topological polar surface area (TPSA) is 123 Å². The Morgan fingerprint density at radius 2 is 1.72 bits per heavy atom. The summed E-state index contributed by atoms with van der Waals surface area (Å²) in [4.78, 5) is 44.8. The van der Waals surface area contributed by atoms with E-state index in [2.05, 4.69) is 35.6 Å². The summed E-state index contributed by atoms with van der Waals surface area (Å²) >= 11 is 2.56. The Morgan fingerprint density at radius 3 is 2.52 bits per heavy atom. The molecule has 0 aliphatic heterocycles. The molecule has 0 bridgehead atoms. The Labute approximate surface area is 172 Å². The molecule has 2 amide bonds. The zero-order chi connectivity index (χ0) is 20.1. The zero-order valence-electron chi connectivity index (χ0n) is 14.8. The van der Waals surface area contributed by atoms with Crippen LogP contribution in [0.2, 0.25) is 0 Å². The van der Waals surface area contributed by atoms with E-state index >= 15 is 0 Å². The lowest BCUT2D eigenvalue weighted by atomic mass is 10.2. The van der Waals surface area contributed by atoms with Gasteiger partial charge in [-0.15, -0.1) is 22.7 Å². The molecule has 9 nitrogen and oxygen atoms in total. The largest absolute Gasteiger partial charge is 0.302 e. The van der Waals surface area contributed by atoms with Gasteiger partial charge >= 0.3 is 0 Å². The van der Waals surface area contributed by atoms with Gasteiger partial charge in [-0.1, -0.05) is 0 Å². The average molecular weight is 423 g/mol. The Bertz CT molecular complexity index is 1130. The normalized spacial score (nSPS) is 10.5. The molecule has 4 aromatic heterocycles. The first kappa shape index (κ1) is 18.8. The molecule has 0 aromatic carbocycles. The van der Waals surface area contributed by atoms with Crippen LogP contribution in [0.15, 0.2) is 53.7 Å². The standard InChI is InChI=1S/C18H13N7O2S2/c26-14(24-18-23-13(10-29-18)11-3-1-4-19-8-11)7-12-9-28-17(22-12)25-16(27)15-20-5-2-6-21-15/h1-6,8-10H,7H2,(H,22,25,27)(H,23,24,26). The van der Waals surface area contributed by atoms with Crippen LogP contribution < -0.4 is 10.6 Å². The van der Waals surface area contributed by atoms with Crippen LogP contribution in [0.3, 0.4) is 0 Å². The maximum absolute atomic E-state index is 12.3. The Hall–Kier alpha value is -3.57. The summed E-state index contributed by atoms with van der Waals surface area (Å²) in [5, 5.41) is 9.82. The second kappa shape index (κ2) is 8.63. The average Bonchev–Trinajstić information content (AvgIpc) is 3.39. The van der Waals surface area contributed by atoms with E-state index in [9.17, 15) is 9.59 Å². The fraction of sp³-hybridized carbons (Fsp3) is 0.0556. The number of hydrogen-bond donors (Lipinski definition) is 2. The minimum Gasteiger partial charge on any atom is -0.302 e. The van der Waals surface area contributed by atoms with E-state index in [0.29, 0.717) is 16.0 Å². The van der Waals surface area contributed by atoms with Crippen LogP contribution in [0, 0.1) is 0 Å². The van der Waals surface area contributed by atoms with Gasteiger partial charge in [0.2, 0.25) is 11.7 Å². The van der Waals surface area contributed by atoms with E-state index in [1.807, 2.05) is 17.5 Å². The smallest absolute Gasteiger partial charge is 0.295 e. The zero-order valence-corrected chi connectivity index (χ0v) is 16.4. The highest BCUT2D eigenvalue weighted by Gasteiger charge is 2.14. The van der Waals surface area contributed by atoms with Crippen molar-refractivity contribution in [2.45, 2.75) is 6.42 Å². The van der Waals surface area contributed by atoms with Crippen LogP contribution in [-0.4, -0.2) is 36.7 Å². The molecule has 0 aliphatic rings. The van der Waals surface area contributed by atoms with Crippen molar-refractivity contribution in [2.24, 2.45) is 0 Å². The van der Waals surface area contributed by atoms with Crippen LogP contribution in [-0.2, 0) is 11.2 Å². The van der Waals surface area contributed by atoms with Gasteiger partial charge in [0, 0.05) is 41.1 Å². The van der Waals surface area contributed by atoms with Gasteiger partial charge in [-0.25, -0.2) is 19.9 Å². The van der Waals surface area contributed by atoms with Crippen LogP contribution in [0.5, 0.6) is 0 Å². The summed E-state index contributed by atoms with van der Waals surface area (Å²) < 4.78 is 0. The molecule has 144 valence electrons. The van der Waals surface area contributed by atoms with Gasteiger partial charge in [-0.05, 0) is 18.2 Å². The fourth-order valence-corrected chi connectivity index (χ4v) is 3.76. The molecule has 0 spiro atoms. The molecule has 29 heavy (non-hydrogen) atoms. The summed E-state index contributed by atoms with van der Waals surface area (Å²) in [7, 11) is 0. The van der Waals surface area contributed by atoms with Crippen molar-refractivity contribution in [1.29, 1.82) is 0 Å². The van der Waals surface area contributed by atoms with E-state index in [1.54, 1.807) is 23.8 Å². The lowest BCUT2D eigenvalue weighted by molar-refractivity contribution is -0.115. The summed E-state index contributed by atoms with van der Waals surface area (Å²) in [6, 6.07) is 5.35. The van der Waals surface area contributed by atoms with Gasteiger partial charge in [0.15, 0.2) is 10.3 Å². The van der Waals surface area contributed by atoms with Crippen molar-refractivity contribution in [2.75, 3.05) is 10.6 Å². The van der Waals surface area contributed by atoms with Gasteiger partial charge in [-0.2, -0.15) is 0 Å². The number of anilines is 2. The van der Waals surface area contributed by atoms with E-state index in [0.717, 1.165) is 11.3 Å². The Morgan fingerprint density at radius 1 is 0.931 bits per heavy atom. The van der Waals surface area contributed by atoms with E-state index in [-0.39, 0.29) is 18.2 Å². The molecule has 0 unspecified atom stereocenters. The first-order valence-electron chi connectivity index (χ1n) is 8.36. The molecule has 4 heterocycles. The highest BCUT2D eigenvalue weighted by atomic mass is 32.1. The number of nitrogens with one attached hydrogen (secondary N) is 2. The number of thiazole rings is 2. The van der Waals surface area contributed by atoms with E-state index in [4.69, 9.17) is 0 Å². The molecule has 0 radical (unpaired) electrons. The van der Waals surface area contributed by atoms with Crippen molar-refractivity contribution in [3.05, 3.63) is 65.3 Å². The molecular formula is C18H13N7O2S2. The lowest BCUT2D eigenvalue weighted by Crippen LogP contribution is -2.16. The molecule has 0 atom stereocenters. The third kappa shape index (κ3) is 4.83. The SMILES string of the molecule is O=C(Cc1csc(NC(=O)c2ncccn2)n1)Nc1nc(-c2cccnc2)cs1. The summed E-state index contributed by atoms with van der Waals surface area (Å²) in [6.45, 7) is 0. The first-order chi connectivity index (χ1) is 14.2. The highest BCUT2D eigenvalue weighted by Crippen LogP contribution is 2.24. The van der Waals surface area contributed by atoms with Crippen molar-refractivity contribution < 1.29 is 9.59 Å². The van der Waals surface area contributed by atoms with Gasteiger partial charge < -0.3 is 5.32 Å². The van der Waals surface area contributed by atoms with Crippen LogP contribution in [0.4, 0.5) is 10.3 Å².